The first-order valence-corrected chi connectivity index (χ1v) is 8.17. The average molecular weight is 310 g/mol. The summed E-state index contributed by atoms with van der Waals surface area (Å²) in [4.78, 5) is 39.0. The molecule has 22 heavy (non-hydrogen) atoms. The normalized spacial score (nSPS) is 21.8. The molecule has 1 aliphatic carbocycles. The van der Waals surface area contributed by atoms with Crippen LogP contribution in [0.4, 0.5) is 0 Å². The molecule has 1 atom stereocenters. The van der Waals surface area contributed by atoms with E-state index < -0.39 is 5.97 Å². The van der Waals surface area contributed by atoms with E-state index in [1.54, 1.807) is 4.90 Å². The standard InChI is InChI=1S/C16H26N2O4/c1-11(2)8-18(10-14(19)20)16(22)13-4-3-7-17(9-13)15(21)12-5-6-12/h11-13H,3-10H2,1-2H3,(H,19,20). The van der Waals surface area contributed by atoms with E-state index in [4.69, 9.17) is 5.11 Å². The summed E-state index contributed by atoms with van der Waals surface area (Å²) >= 11 is 0. The molecule has 1 aliphatic heterocycles. The molecular formula is C16H26N2O4. The molecule has 1 N–H and O–H groups in total. The topological polar surface area (TPSA) is 77.9 Å². The third-order valence-corrected chi connectivity index (χ3v) is 4.23. The number of carbonyl (C=O) groups excluding carboxylic acids is 2. The third-order valence-electron chi connectivity index (χ3n) is 4.23. The number of aliphatic carboxylic acids is 1. The van der Waals surface area contributed by atoms with Crippen LogP contribution in [-0.4, -0.2) is 58.9 Å². The number of nitrogens with zero attached hydrogens (tertiary/aromatic N) is 2. The van der Waals surface area contributed by atoms with Gasteiger partial charge in [-0.3, -0.25) is 14.4 Å². The molecule has 124 valence electrons. The van der Waals surface area contributed by atoms with Crippen LogP contribution in [0.3, 0.4) is 0 Å². The lowest BCUT2D eigenvalue weighted by atomic mass is 9.95. The Labute approximate surface area is 131 Å². The van der Waals surface area contributed by atoms with Crippen molar-refractivity contribution in [1.82, 2.24) is 9.80 Å². The predicted molar refractivity (Wildman–Crippen MR) is 81.1 cm³/mol. The molecule has 0 aromatic carbocycles. The number of hydrogen-bond acceptors (Lipinski definition) is 3. The fraction of sp³-hybridized carbons (Fsp3) is 0.812. The molecule has 0 spiro atoms. The molecule has 0 aromatic rings. The first-order chi connectivity index (χ1) is 10.4. The number of likely N-dealkylation sites (tertiary alicyclic amines) is 1. The maximum Gasteiger partial charge on any atom is 0.323 e. The summed E-state index contributed by atoms with van der Waals surface area (Å²) < 4.78 is 0. The zero-order valence-electron chi connectivity index (χ0n) is 13.5. The Morgan fingerprint density at radius 3 is 2.41 bits per heavy atom. The SMILES string of the molecule is CC(C)CN(CC(=O)O)C(=O)C1CCCN(C(=O)C2CC2)C1. The molecule has 2 amide bonds. The Hall–Kier alpha value is -1.59. The van der Waals surface area contributed by atoms with Gasteiger partial charge in [-0.05, 0) is 31.6 Å². The molecule has 1 heterocycles. The van der Waals surface area contributed by atoms with Crippen molar-refractivity contribution in [2.45, 2.75) is 39.5 Å². The first kappa shape index (κ1) is 16.8. The third kappa shape index (κ3) is 4.45. The van der Waals surface area contributed by atoms with Crippen molar-refractivity contribution in [2.75, 3.05) is 26.2 Å². The van der Waals surface area contributed by atoms with Gasteiger partial charge < -0.3 is 14.9 Å². The van der Waals surface area contributed by atoms with Gasteiger partial charge in [0.2, 0.25) is 11.8 Å². The summed E-state index contributed by atoms with van der Waals surface area (Å²) in [7, 11) is 0. The number of carboxylic acid groups (broad SMARTS) is 1. The highest BCUT2D eigenvalue weighted by molar-refractivity contribution is 5.85. The number of carboxylic acids is 1. The second-order valence-electron chi connectivity index (χ2n) is 6.90. The molecule has 2 fully saturated rings. The maximum atomic E-state index is 12.6. The van der Waals surface area contributed by atoms with Gasteiger partial charge in [0.15, 0.2) is 0 Å². The minimum Gasteiger partial charge on any atom is -0.480 e. The van der Waals surface area contributed by atoms with Crippen LogP contribution in [0.2, 0.25) is 0 Å². The second-order valence-corrected chi connectivity index (χ2v) is 6.90. The van der Waals surface area contributed by atoms with Gasteiger partial charge in [-0.1, -0.05) is 13.8 Å². The molecule has 0 bridgehead atoms. The average Bonchev–Trinajstić information content (AvgIpc) is 3.28. The van der Waals surface area contributed by atoms with Crippen molar-refractivity contribution in [3.8, 4) is 0 Å². The van der Waals surface area contributed by atoms with Crippen molar-refractivity contribution >= 4 is 17.8 Å². The molecule has 6 nitrogen and oxygen atoms in total. The zero-order valence-corrected chi connectivity index (χ0v) is 13.5. The monoisotopic (exact) mass is 310 g/mol. The Kier molecular flexibility index (Phi) is 5.42. The van der Waals surface area contributed by atoms with Crippen LogP contribution in [0.25, 0.3) is 0 Å². The molecule has 1 saturated carbocycles. The second kappa shape index (κ2) is 7.11. The molecule has 0 radical (unpaired) electrons. The fourth-order valence-corrected chi connectivity index (χ4v) is 3.06. The van der Waals surface area contributed by atoms with Gasteiger partial charge in [-0.2, -0.15) is 0 Å². The van der Waals surface area contributed by atoms with E-state index in [9.17, 15) is 14.4 Å². The number of piperidine rings is 1. The van der Waals surface area contributed by atoms with E-state index in [1.807, 2.05) is 13.8 Å². The van der Waals surface area contributed by atoms with E-state index in [2.05, 4.69) is 0 Å². The van der Waals surface area contributed by atoms with E-state index in [0.29, 0.717) is 13.1 Å². The Morgan fingerprint density at radius 2 is 1.86 bits per heavy atom. The predicted octanol–water partition coefficient (Wildman–Crippen LogP) is 1.20. The summed E-state index contributed by atoms with van der Waals surface area (Å²) in [5, 5.41) is 9.01. The maximum absolute atomic E-state index is 12.6. The quantitative estimate of drug-likeness (QED) is 0.800. The van der Waals surface area contributed by atoms with E-state index in [1.165, 1.54) is 4.90 Å². The highest BCUT2D eigenvalue weighted by atomic mass is 16.4. The van der Waals surface area contributed by atoms with E-state index >= 15 is 0 Å². The fourth-order valence-electron chi connectivity index (χ4n) is 3.06. The van der Waals surface area contributed by atoms with Crippen molar-refractivity contribution < 1.29 is 19.5 Å². The van der Waals surface area contributed by atoms with Crippen molar-refractivity contribution in [2.24, 2.45) is 17.8 Å². The molecule has 0 aromatic heterocycles. The minimum absolute atomic E-state index is 0.121. The number of hydrogen-bond donors (Lipinski definition) is 1. The Balaban J connectivity index is 1.98. The molecule has 1 saturated heterocycles. The van der Waals surface area contributed by atoms with Gasteiger partial charge in [0.25, 0.3) is 0 Å². The Morgan fingerprint density at radius 1 is 1.18 bits per heavy atom. The lowest BCUT2D eigenvalue weighted by Gasteiger charge is -2.35. The summed E-state index contributed by atoms with van der Waals surface area (Å²) in [6.45, 7) is 5.28. The van der Waals surface area contributed by atoms with Crippen molar-refractivity contribution in [1.29, 1.82) is 0 Å². The lowest BCUT2D eigenvalue weighted by molar-refractivity contribution is -0.149. The van der Waals surface area contributed by atoms with Gasteiger partial charge in [0.1, 0.15) is 6.54 Å². The number of rotatable bonds is 6. The molecule has 2 aliphatic rings. The number of carbonyl (C=O) groups is 3. The lowest BCUT2D eigenvalue weighted by Crippen LogP contribution is -2.49. The molecule has 1 unspecified atom stereocenters. The van der Waals surface area contributed by atoms with Gasteiger partial charge in [-0.15, -0.1) is 0 Å². The molecular weight excluding hydrogens is 284 g/mol. The Bertz CT molecular complexity index is 445. The van der Waals surface area contributed by atoms with Crippen LogP contribution < -0.4 is 0 Å². The van der Waals surface area contributed by atoms with Crippen LogP contribution in [0, 0.1) is 17.8 Å². The molecule has 2 rings (SSSR count). The summed E-state index contributed by atoms with van der Waals surface area (Å²) in [5.41, 5.74) is 0. The van der Waals surface area contributed by atoms with Crippen LogP contribution in [0.15, 0.2) is 0 Å². The van der Waals surface area contributed by atoms with Gasteiger partial charge in [-0.25, -0.2) is 0 Å². The van der Waals surface area contributed by atoms with Crippen LogP contribution >= 0.6 is 0 Å². The van der Waals surface area contributed by atoms with Gasteiger partial charge in [0.05, 0.1) is 5.92 Å². The van der Waals surface area contributed by atoms with E-state index in [0.717, 1.165) is 32.2 Å². The molecule has 6 heteroatoms. The van der Waals surface area contributed by atoms with Crippen LogP contribution in [0.5, 0.6) is 0 Å². The van der Waals surface area contributed by atoms with E-state index in [-0.39, 0.29) is 36.1 Å². The highest BCUT2D eigenvalue weighted by Crippen LogP contribution is 2.32. The van der Waals surface area contributed by atoms with Crippen molar-refractivity contribution in [3.63, 3.8) is 0 Å². The van der Waals surface area contributed by atoms with Gasteiger partial charge >= 0.3 is 5.97 Å². The summed E-state index contributed by atoms with van der Waals surface area (Å²) in [5.74, 6) is -0.809. The largest absolute Gasteiger partial charge is 0.480 e. The van der Waals surface area contributed by atoms with Crippen molar-refractivity contribution in [3.05, 3.63) is 0 Å². The summed E-state index contributed by atoms with van der Waals surface area (Å²) in [6.07, 6.45) is 3.48. The van der Waals surface area contributed by atoms with Gasteiger partial charge in [0, 0.05) is 25.6 Å². The summed E-state index contributed by atoms with van der Waals surface area (Å²) in [6, 6.07) is 0. The smallest absolute Gasteiger partial charge is 0.323 e. The number of amides is 2. The minimum atomic E-state index is -0.990. The van der Waals surface area contributed by atoms with Crippen LogP contribution in [0.1, 0.15) is 39.5 Å². The first-order valence-electron chi connectivity index (χ1n) is 8.17. The zero-order chi connectivity index (χ0) is 16.3. The van der Waals surface area contributed by atoms with Crippen LogP contribution in [-0.2, 0) is 14.4 Å². The highest BCUT2D eigenvalue weighted by Gasteiger charge is 2.37.